The highest BCUT2D eigenvalue weighted by Gasteiger charge is 2.30. The van der Waals surface area contributed by atoms with Crippen LogP contribution in [0.1, 0.15) is 27.2 Å². The van der Waals surface area contributed by atoms with Crippen molar-refractivity contribution >= 4 is 5.78 Å². The maximum Gasteiger partial charge on any atom is 0.416 e. The Morgan fingerprint density at radius 1 is 1.25 bits per heavy atom. The van der Waals surface area contributed by atoms with Crippen molar-refractivity contribution in [2.75, 3.05) is 0 Å². The quantitative estimate of drug-likeness (QED) is 0.810. The number of rotatable bonds is 3. The number of halogens is 3. The van der Waals surface area contributed by atoms with E-state index >= 15 is 0 Å². The van der Waals surface area contributed by atoms with Crippen molar-refractivity contribution in [1.29, 1.82) is 0 Å². The van der Waals surface area contributed by atoms with Gasteiger partial charge in [0.05, 0.1) is 16.8 Å². The molecule has 1 aromatic carbocycles. The number of hydrogen-bond donors (Lipinski definition) is 0. The van der Waals surface area contributed by atoms with Crippen molar-refractivity contribution in [1.82, 2.24) is 9.78 Å². The van der Waals surface area contributed by atoms with Crippen LogP contribution in [0.3, 0.4) is 0 Å². The summed E-state index contributed by atoms with van der Waals surface area (Å²) < 4.78 is 38.8. The number of Topliss-reactive ketones (excluding diaryl/α,β-unsaturated/α-hetero) is 1. The van der Waals surface area contributed by atoms with E-state index in [4.69, 9.17) is 0 Å². The molecule has 0 spiro atoms. The Kier molecular flexibility index (Phi) is 3.65. The van der Waals surface area contributed by atoms with E-state index in [9.17, 15) is 18.0 Å². The molecule has 0 amide bonds. The minimum atomic E-state index is -4.36. The zero-order chi connectivity index (χ0) is 14.9. The van der Waals surface area contributed by atoms with Gasteiger partial charge in [-0.05, 0) is 24.6 Å². The minimum Gasteiger partial charge on any atom is -0.294 e. The lowest BCUT2D eigenvalue weighted by atomic mass is 10.0. The Balaban J connectivity index is 2.14. The van der Waals surface area contributed by atoms with Crippen LogP contribution < -0.4 is 0 Å². The molecule has 0 fully saturated rings. The second-order valence-electron chi connectivity index (χ2n) is 4.60. The van der Waals surface area contributed by atoms with Gasteiger partial charge in [-0.2, -0.15) is 18.3 Å². The fourth-order valence-electron chi connectivity index (χ4n) is 1.97. The molecule has 2 rings (SSSR count). The molecule has 0 aliphatic rings. The second-order valence-corrected chi connectivity index (χ2v) is 4.60. The number of hydrogen-bond acceptors (Lipinski definition) is 2. The zero-order valence-corrected chi connectivity index (χ0v) is 11.0. The van der Waals surface area contributed by atoms with E-state index < -0.39 is 11.7 Å². The summed E-state index contributed by atoms with van der Waals surface area (Å²) in [5, 5.41) is 4.07. The molecule has 1 aromatic heterocycles. The number of alkyl halides is 3. The SMILES string of the molecule is Cc1nn(C)cc1C(=O)Cc1ccc(C(F)(F)F)cc1. The van der Waals surface area contributed by atoms with Crippen molar-refractivity contribution in [3.8, 4) is 0 Å². The van der Waals surface area contributed by atoms with Gasteiger partial charge in [-0.15, -0.1) is 0 Å². The molecule has 2 aromatic rings. The molecule has 0 aliphatic heterocycles. The largest absolute Gasteiger partial charge is 0.416 e. The van der Waals surface area contributed by atoms with Gasteiger partial charge in [-0.1, -0.05) is 12.1 Å². The van der Waals surface area contributed by atoms with Crippen molar-refractivity contribution < 1.29 is 18.0 Å². The molecular weight excluding hydrogens is 269 g/mol. The molecule has 106 valence electrons. The molecule has 0 bridgehead atoms. The van der Waals surface area contributed by atoms with Gasteiger partial charge in [-0.3, -0.25) is 9.48 Å². The molecule has 0 saturated carbocycles. The molecule has 6 heteroatoms. The lowest BCUT2D eigenvalue weighted by molar-refractivity contribution is -0.137. The first-order valence-electron chi connectivity index (χ1n) is 5.97. The smallest absolute Gasteiger partial charge is 0.294 e. The van der Waals surface area contributed by atoms with Crippen LogP contribution in [0.25, 0.3) is 0 Å². The van der Waals surface area contributed by atoms with Crippen LogP contribution in [-0.4, -0.2) is 15.6 Å². The fraction of sp³-hybridized carbons (Fsp3) is 0.286. The first kappa shape index (κ1) is 14.3. The highest BCUT2D eigenvalue weighted by molar-refractivity contribution is 5.98. The van der Waals surface area contributed by atoms with E-state index in [1.54, 1.807) is 20.2 Å². The maximum atomic E-state index is 12.4. The van der Waals surface area contributed by atoms with Crippen LogP contribution in [-0.2, 0) is 19.6 Å². The number of ketones is 1. The van der Waals surface area contributed by atoms with E-state index in [1.165, 1.54) is 16.8 Å². The lowest BCUT2D eigenvalue weighted by Crippen LogP contribution is -2.07. The molecule has 20 heavy (non-hydrogen) atoms. The van der Waals surface area contributed by atoms with Gasteiger partial charge in [0.15, 0.2) is 5.78 Å². The highest BCUT2D eigenvalue weighted by Crippen LogP contribution is 2.29. The Hall–Kier alpha value is -2.11. The van der Waals surface area contributed by atoms with Crippen LogP contribution >= 0.6 is 0 Å². The van der Waals surface area contributed by atoms with Crippen LogP contribution in [0.5, 0.6) is 0 Å². The number of carbonyl (C=O) groups excluding carboxylic acids is 1. The molecular formula is C14H13F3N2O. The van der Waals surface area contributed by atoms with Gasteiger partial charge in [0.2, 0.25) is 0 Å². The predicted molar refractivity (Wildman–Crippen MR) is 67.4 cm³/mol. The topological polar surface area (TPSA) is 34.9 Å². The van der Waals surface area contributed by atoms with Gasteiger partial charge >= 0.3 is 6.18 Å². The molecule has 0 aliphatic carbocycles. The van der Waals surface area contributed by atoms with Gasteiger partial charge in [0, 0.05) is 19.7 Å². The van der Waals surface area contributed by atoms with Crippen molar-refractivity contribution in [2.45, 2.75) is 19.5 Å². The summed E-state index contributed by atoms with van der Waals surface area (Å²) in [6, 6.07) is 4.62. The number of benzene rings is 1. The van der Waals surface area contributed by atoms with Crippen LogP contribution in [0.4, 0.5) is 13.2 Å². The number of carbonyl (C=O) groups is 1. The monoisotopic (exact) mass is 282 g/mol. The summed E-state index contributed by atoms with van der Waals surface area (Å²) in [6.07, 6.45) is -2.69. The third-order valence-corrected chi connectivity index (χ3v) is 2.96. The Morgan fingerprint density at radius 3 is 2.30 bits per heavy atom. The van der Waals surface area contributed by atoms with E-state index in [1.807, 2.05) is 0 Å². The molecule has 0 N–H and O–H groups in total. The first-order valence-corrected chi connectivity index (χ1v) is 5.97. The number of aryl methyl sites for hydroxylation is 2. The molecule has 0 unspecified atom stereocenters. The summed E-state index contributed by atoms with van der Waals surface area (Å²) in [5.41, 5.74) is 0.939. The molecule has 0 saturated heterocycles. The van der Waals surface area contributed by atoms with Crippen LogP contribution in [0.15, 0.2) is 30.5 Å². The molecule has 0 atom stereocenters. The molecule has 0 radical (unpaired) electrons. The van der Waals surface area contributed by atoms with E-state index in [0.717, 1.165) is 12.1 Å². The van der Waals surface area contributed by atoms with Gasteiger partial charge in [-0.25, -0.2) is 0 Å². The summed E-state index contributed by atoms with van der Waals surface area (Å²) in [7, 11) is 1.71. The molecule has 1 heterocycles. The Morgan fingerprint density at radius 2 is 1.85 bits per heavy atom. The summed E-state index contributed by atoms with van der Waals surface area (Å²) in [6.45, 7) is 1.72. The van der Waals surface area contributed by atoms with Crippen LogP contribution in [0, 0.1) is 6.92 Å². The Bertz CT molecular complexity index is 627. The maximum absolute atomic E-state index is 12.4. The fourth-order valence-corrected chi connectivity index (χ4v) is 1.97. The van der Waals surface area contributed by atoms with Crippen LogP contribution in [0.2, 0.25) is 0 Å². The van der Waals surface area contributed by atoms with E-state index in [2.05, 4.69) is 5.10 Å². The van der Waals surface area contributed by atoms with Crippen molar-refractivity contribution in [3.63, 3.8) is 0 Å². The normalized spacial score (nSPS) is 11.7. The lowest BCUT2D eigenvalue weighted by Gasteiger charge is -2.07. The molecule has 3 nitrogen and oxygen atoms in total. The van der Waals surface area contributed by atoms with Crippen molar-refractivity contribution in [3.05, 3.63) is 52.8 Å². The number of nitrogens with zero attached hydrogens (tertiary/aromatic N) is 2. The zero-order valence-electron chi connectivity index (χ0n) is 11.0. The van der Waals surface area contributed by atoms with E-state index in [0.29, 0.717) is 16.8 Å². The summed E-state index contributed by atoms with van der Waals surface area (Å²) in [4.78, 5) is 12.1. The second kappa shape index (κ2) is 5.11. The third kappa shape index (κ3) is 3.07. The predicted octanol–water partition coefficient (Wildman–Crippen LogP) is 3.17. The third-order valence-electron chi connectivity index (χ3n) is 2.96. The van der Waals surface area contributed by atoms with Gasteiger partial charge < -0.3 is 0 Å². The highest BCUT2D eigenvalue weighted by atomic mass is 19.4. The number of aromatic nitrogens is 2. The summed E-state index contributed by atoms with van der Waals surface area (Å²) >= 11 is 0. The van der Waals surface area contributed by atoms with Crippen molar-refractivity contribution in [2.24, 2.45) is 7.05 Å². The average molecular weight is 282 g/mol. The Labute approximate surface area is 114 Å². The summed E-state index contributed by atoms with van der Waals surface area (Å²) in [5.74, 6) is -0.157. The first-order chi connectivity index (χ1) is 9.27. The average Bonchev–Trinajstić information content (AvgIpc) is 2.68. The van der Waals surface area contributed by atoms with E-state index in [-0.39, 0.29) is 12.2 Å². The standard InChI is InChI=1S/C14H13F3N2O/c1-9-12(8-19(2)18-9)13(20)7-10-3-5-11(6-4-10)14(15,16)17/h3-6,8H,7H2,1-2H3. The van der Waals surface area contributed by atoms with Gasteiger partial charge in [0.1, 0.15) is 0 Å². The van der Waals surface area contributed by atoms with Gasteiger partial charge in [0.25, 0.3) is 0 Å². The minimum absolute atomic E-state index is 0.0602.